The second-order valence-electron chi connectivity index (χ2n) is 15.0. The predicted molar refractivity (Wildman–Crippen MR) is 204 cm³/mol. The lowest BCUT2D eigenvalue weighted by Crippen LogP contribution is -2.20. The summed E-state index contributed by atoms with van der Waals surface area (Å²) in [7, 11) is 2.35. The molecule has 0 aromatic rings. The first kappa shape index (κ1) is 44.0. The minimum atomic E-state index is 1.32. The highest BCUT2D eigenvalue weighted by molar-refractivity contribution is 4.56. The van der Waals surface area contributed by atoms with Crippen LogP contribution in [0, 0.1) is 0 Å². The molecule has 0 aliphatic carbocycles. The van der Waals surface area contributed by atoms with Crippen molar-refractivity contribution in [1.82, 2.24) is 4.90 Å². The second-order valence-corrected chi connectivity index (χ2v) is 15.0. The molecule has 1 nitrogen and oxygen atoms in total. The van der Waals surface area contributed by atoms with E-state index in [2.05, 4.69) is 25.8 Å². The van der Waals surface area contributed by atoms with E-state index >= 15 is 0 Å². The maximum atomic E-state index is 2.60. The molecular formula is C43H89N. The summed E-state index contributed by atoms with van der Waals surface area (Å²) in [5.74, 6) is 0. The Kier molecular flexibility index (Phi) is 40.9. The summed E-state index contributed by atoms with van der Waals surface area (Å²) < 4.78 is 0. The van der Waals surface area contributed by atoms with Crippen LogP contribution in [0.4, 0.5) is 0 Å². The number of hydrogen-bond acceptors (Lipinski definition) is 1. The molecule has 0 N–H and O–H groups in total. The van der Waals surface area contributed by atoms with Crippen molar-refractivity contribution < 1.29 is 0 Å². The third-order valence-electron chi connectivity index (χ3n) is 10.3. The Morgan fingerprint density at radius 3 is 0.500 bits per heavy atom. The number of nitrogens with zero attached hydrogens (tertiary/aromatic N) is 1. The molecule has 0 saturated heterocycles. The zero-order valence-electron chi connectivity index (χ0n) is 31.7. The highest BCUT2D eigenvalue weighted by Gasteiger charge is 2.00. The quantitative estimate of drug-likeness (QED) is 0.0617. The largest absolute Gasteiger partial charge is 0.306 e. The van der Waals surface area contributed by atoms with Crippen molar-refractivity contribution in [2.75, 3.05) is 20.1 Å². The van der Waals surface area contributed by atoms with Gasteiger partial charge in [0.25, 0.3) is 0 Å². The van der Waals surface area contributed by atoms with Crippen molar-refractivity contribution in [2.45, 2.75) is 258 Å². The molecule has 0 aliphatic rings. The molecule has 0 radical (unpaired) electrons. The Bertz CT molecular complexity index is 432. The molecular weight excluding hydrogens is 530 g/mol. The summed E-state index contributed by atoms with van der Waals surface area (Å²) >= 11 is 0. The molecule has 0 heterocycles. The van der Waals surface area contributed by atoms with E-state index in [0.29, 0.717) is 0 Å². The molecule has 0 fully saturated rings. The van der Waals surface area contributed by atoms with E-state index in [4.69, 9.17) is 0 Å². The summed E-state index contributed by atoms with van der Waals surface area (Å²) in [4.78, 5) is 2.60. The molecule has 1 heteroatoms. The Morgan fingerprint density at radius 2 is 0.341 bits per heavy atom. The number of unbranched alkanes of at least 4 members (excludes halogenated alkanes) is 36. The summed E-state index contributed by atoms with van der Waals surface area (Å²) in [5.41, 5.74) is 0. The van der Waals surface area contributed by atoms with Gasteiger partial charge in [-0.15, -0.1) is 0 Å². The molecule has 0 amide bonds. The SMILES string of the molecule is CCCCCCCCCCCCCCCCCCCCCN(C)CCCCCCCCCCCCCCCCCCCCC. The molecule has 44 heavy (non-hydrogen) atoms. The fourth-order valence-corrected chi connectivity index (χ4v) is 7.03. The molecule has 0 aromatic heterocycles. The Morgan fingerprint density at radius 1 is 0.205 bits per heavy atom. The van der Waals surface area contributed by atoms with Gasteiger partial charge < -0.3 is 4.90 Å². The lowest BCUT2D eigenvalue weighted by Gasteiger charge is -2.16. The predicted octanol–water partition coefficient (Wildman–Crippen LogP) is 15.8. The van der Waals surface area contributed by atoms with Crippen LogP contribution < -0.4 is 0 Å². The minimum absolute atomic E-state index is 1.32. The van der Waals surface area contributed by atoms with Crippen molar-refractivity contribution in [3.8, 4) is 0 Å². The van der Waals surface area contributed by atoms with E-state index < -0.39 is 0 Å². The first-order valence-corrected chi connectivity index (χ1v) is 21.5. The molecule has 0 saturated carbocycles. The highest BCUT2D eigenvalue weighted by Crippen LogP contribution is 2.16. The van der Waals surface area contributed by atoms with Crippen molar-refractivity contribution in [3.05, 3.63) is 0 Å². The smallest absolute Gasteiger partial charge is 0.00218 e. The molecule has 0 spiro atoms. The third kappa shape index (κ3) is 40.0. The van der Waals surface area contributed by atoms with Crippen LogP contribution >= 0.6 is 0 Å². The van der Waals surface area contributed by atoms with Gasteiger partial charge in [0.1, 0.15) is 0 Å². The Hall–Kier alpha value is -0.0400. The Labute approximate surface area is 282 Å². The van der Waals surface area contributed by atoms with Gasteiger partial charge >= 0.3 is 0 Å². The molecule has 0 aromatic carbocycles. The van der Waals surface area contributed by atoms with Crippen LogP contribution in [0.2, 0.25) is 0 Å². The van der Waals surface area contributed by atoms with E-state index in [9.17, 15) is 0 Å². The standard InChI is InChI=1S/C43H89N/c1-4-6-8-10-12-14-16-18-20-22-24-26-28-30-32-34-36-38-40-42-44(3)43-41-39-37-35-33-31-29-27-25-23-21-19-17-15-13-11-9-7-5-2/h4-43H2,1-3H3. The van der Waals surface area contributed by atoms with Gasteiger partial charge in [0.05, 0.1) is 0 Å². The van der Waals surface area contributed by atoms with E-state index in [0.717, 1.165) is 0 Å². The third-order valence-corrected chi connectivity index (χ3v) is 10.3. The van der Waals surface area contributed by atoms with Gasteiger partial charge in [-0.2, -0.15) is 0 Å². The average Bonchev–Trinajstić information content (AvgIpc) is 3.03. The van der Waals surface area contributed by atoms with Gasteiger partial charge in [0.15, 0.2) is 0 Å². The van der Waals surface area contributed by atoms with Crippen LogP contribution in [0.25, 0.3) is 0 Å². The fraction of sp³-hybridized carbons (Fsp3) is 1.00. The van der Waals surface area contributed by atoms with E-state index in [-0.39, 0.29) is 0 Å². The molecule has 0 bridgehead atoms. The summed E-state index contributed by atoms with van der Waals surface area (Å²) in [6.07, 6.45) is 55.8. The first-order chi connectivity index (χ1) is 21.8. The zero-order valence-corrected chi connectivity index (χ0v) is 31.7. The normalized spacial score (nSPS) is 11.7. The van der Waals surface area contributed by atoms with Crippen molar-refractivity contribution in [1.29, 1.82) is 0 Å². The molecule has 0 unspecified atom stereocenters. The summed E-state index contributed by atoms with van der Waals surface area (Å²) in [6.45, 7) is 7.25. The lowest BCUT2D eigenvalue weighted by molar-refractivity contribution is 0.314. The van der Waals surface area contributed by atoms with Gasteiger partial charge in [-0.3, -0.25) is 0 Å². The summed E-state index contributed by atoms with van der Waals surface area (Å²) in [5, 5.41) is 0. The lowest BCUT2D eigenvalue weighted by atomic mass is 10.0. The monoisotopic (exact) mass is 620 g/mol. The van der Waals surface area contributed by atoms with E-state index in [1.165, 1.54) is 257 Å². The van der Waals surface area contributed by atoms with Crippen LogP contribution in [-0.4, -0.2) is 25.0 Å². The van der Waals surface area contributed by atoms with Crippen LogP contribution in [0.1, 0.15) is 258 Å². The van der Waals surface area contributed by atoms with Crippen molar-refractivity contribution in [3.63, 3.8) is 0 Å². The Balaban J connectivity index is 3.13. The van der Waals surface area contributed by atoms with Gasteiger partial charge in [-0.05, 0) is 33.0 Å². The van der Waals surface area contributed by atoms with E-state index in [1.54, 1.807) is 0 Å². The maximum Gasteiger partial charge on any atom is -0.00218 e. The molecule has 0 aliphatic heterocycles. The summed E-state index contributed by atoms with van der Waals surface area (Å²) in [6, 6.07) is 0. The molecule has 266 valence electrons. The maximum absolute atomic E-state index is 2.60. The van der Waals surface area contributed by atoms with Crippen LogP contribution in [-0.2, 0) is 0 Å². The van der Waals surface area contributed by atoms with Crippen molar-refractivity contribution >= 4 is 0 Å². The van der Waals surface area contributed by atoms with Crippen LogP contribution in [0.15, 0.2) is 0 Å². The molecule has 0 atom stereocenters. The van der Waals surface area contributed by atoms with Gasteiger partial charge in [-0.25, -0.2) is 0 Å². The van der Waals surface area contributed by atoms with Gasteiger partial charge in [0.2, 0.25) is 0 Å². The zero-order chi connectivity index (χ0) is 31.9. The average molecular weight is 620 g/mol. The number of rotatable bonds is 40. The minimum Gasteiger partial charge on any atom is -0.306 e. The van der Waals surface area contributed by atoms with Crippen LogP contribution in [0.3, 0.4) is 0 Å². The van der Waals surface area contributed by atoms with Crippen molar-refractivity contribution in [2.24, 2.45) is 0 Å². The second kappa shape index (κ2) is 41.0. The topological polar surface area (TPSA) is 3.24 Å². The first-order valence-electron chi connectivity index (χ1n) is 21.5. The fourth-order valence-electron chi connectivity index (χ4n) is 7.03. The van der Waals surface area contributed by atoms with E-state index in [1.807, 2.05) is 0 Å². The number of hydrogen-bond donors (Lipinski definition) is 0. The van der Waals surface area contributed by atoms with Gasteiger partial charge in [-0.1, -0.05) is 245 Å². The van der Waals surface area contributed by atoms with Crippen LogP contribution in [0.5, 0.6) is 0 Å². The van der Waals surface area contributed by atoms with Gasteiger partial charge in [0, 0.05) is 0 Å². The molecule has 0 rings (SSSR count). The highest BCUT2D eigenvalue weighted by atomic mass is 15.1.